The van der Waals surface area contributed by atoms with E-state index in [1.54, 1.807) is 0 Å². The van der Waals surface area contributed by atoms with Crippen LogP contribution in [-0.4, -0.2) is 17.2 Å². The molecule has 0 aromatic heterocycles. The highest BCUT2D eigenvalue weighted by Gasteiger charge is 2.22. The van der Waals surface area contributed by atoms with Crippen LogP contribution < -0.4 is 0 Å². The monoisotopic (exact) mass is 315 g/mol. The van der Waals surface area contributed by atoms with Crippen LogP contribution in [-0.2, 0) is 13.1 Å². The van der Waals surface area contributed by atoms with Gasteiger partial charge in [0, 0.05) is 23.1 Å². The number of hydrogen-bond acceptors (Lipinski definition) is 2. The van der Waals surface area contributed by atoms with Crippen LogP contribution in [0.3, 0.4) is 0 Å². The Labute approximate surface area is 121 Å². The van der Waals surface area contributed by atoms with Crippen LogP contribution in [0.1, 0.15) is 21.5 Å². The Morgan fingerprint density at radius 2 is 1.84 bits per heavy atom. The Kier molecular flexibility index (Phi) is 3.49. The molecule has 2 nitrogen and oxygen atoms in total. The first-order chi connectivity index (χ1) is 9.24. The summed E-state index contributed by atoms with van der Waals surface area (Å²) in [7, 11) is 0. The highest BCUT2D eigenvalue weighted by molar-refractivity contribution is 9.10. The minimum absolute atomic E-state index is 0.185. The fourth-order valence-electron chi connectivity index (χ4n) is 2.48. The van der Waals surface area contributed by atoms with Gasteiger partial charge in [0.25, 0.3) is 0 Å². The topological polar surface area (TPSA) is 20.3 Å². The Morgan fingerprint density at radius 3 is 2.58 bits per heavy atom. The molecule has 19 heavy (non-hydrogen) atoms. The van der Waals surface area contributed by atoms with Crippen molar-refractivity contribution in [3.8, 4) is 0 Å². The van der Waals surface area contributed by atoms with Gasteiger partial charge in [-0.1, -0.05) is 58.4 Å². The van der Waals surface area contributed by atoms with Crippen molar-refractivity contribution in [3.63, 3.8) is 0 Å². The lowest BCUT2D eigenvalue weighted by Crippen LogP contribution is -2.24. The van der Waals surface area contributed by atoms with Gasteiger partial charge in [-0.25, -0.2) is 0 Å². The minimum atomic E-state index is 0.185. The van der Waals surface area contributed by atoms with E-state index < -0.39 is 0 Å². The number of Topliss-reactive ketones (excluding diaryl/α,β-unsaturated/α-hetero) is 1. The van der Waals surface area contributed by atoms with Gasteiger partial charge in [0.05, 0.1) is 6.54 Å². The number of hydrogen-bond donors (Lipinski definition) is 0. The van der Waals surface area contributed by atoms with E-state index >= 15 is 0 Å². The molecule has 3 heteroatoms. The van der Waals surface area contributed by atoms with Crippen molar-refractivity contribution < 1.29 is 4.79 Å². The molecule has 3 rings (SSSR count). The molecule has 2 aromatic carbocycles. The lowest BCUT2D eigenvalue weighted by atomic mass is 10.1. The zero-order chi connectivity index (χ0) is 13.2. The lowest BCUT2D eigenvalue weighted by Gasteiger charge is -2.13. The van der Waals surface area contributed by atoms with Gasteiger partial charge < -0.3 is 0 Å². The van der Waals surface area contributed by atoms with E-state index in [9.17, 15) is 4.79 Å². The summed E-state index contributed by atoms with van der Waals surface area (Å²) in [6.45, 7) is 2.17. The van der Waals surface area contributed by atoms with Gasteiger partial charge in [-0.2, -0.15) is 0 Å². The van der Waals surface area contributed by atoms with Crippen LogP contribution in [0.2, 0.25) is 0 Å². The minimum Gasteiger partial charge on any atom is -0.293 e. The molecule has 0 bridgehead atoms. The molecule has 0 amide bonds. The molecule has 1 aliphatic rings. The third-order valence-corrected chi connectivity index (χ3v) is 4.20. The van der Waals surface area contributed by atoms with E-state index in [1.165, 1.54) is 11.1 Å². The van der Waals surface area contributed by atoms with E-state index in [-0.39, 0.29) is 5.78 Å². The van der Waals surface area contributed by atoms with Crippen LogP contribution in [0.15, 0.2) is 53.0 Å². The maximum Gasteiger partial charge on any atom is 0.176 e. The van der Waals surface area contributed by atoms with Crippen molar-refractivity contribution in [2.75, 3.05) is 6.54 Å². The lowest BCUT2D eigenvalue weighted by molar-refractivity contribution is 0.0929. The maximum absolute atomic E-state index is 12.2. The van der Waals surface area contributed by atoms with Crippen molar-refractivity contribution in [2.24, 2.45) is 0 Å². The Bertz CT molecular complexity index is 609. The summed E-state index contributed by atoms with van der Waals surface area (Å²) in [5.41, 5.74) is 3.41. The number of carbonyl (C=O) groups excluding carboxylic acids is 1. The van der Waals surface area contributed by atoms with E-state index in [2.05, 4.69) is 33.0 Å². The average molecular weight is 316 g/mol. The van der Waals surface area contributed by atoms with Crippen LogP contribution in [0.4, 0.5) is 0 Å². The second-order valence-electron chi connectivity index (χ2n) is 4.81. The fourth-order valence-corrected chi connectivity index (χ4v) is 3.01. The SMILES string of the molecule is O=C(CN1Cc2cccc(Br)c2C1)c1ccccc1. The summed E-state index contributed by atoms with van der Waals surface area (Å²) in [6, 6.07) is 15.7. The summed E-state index contributed by atoms with van der Waals surface area (Å²) in [4.78, 5) is 14.4. The summed E-state index contributed by atoms with van der Waals surface area (Å²) in [5, 5.41) is 0. The molecule has 2 aromatic rings. The maximum atomic E-state index is 12.2. The molecule has 0 fully saturated rings. The molecule has 96 valence electrons. The van der Waals surface area contributed by atoms with E-state index in [1.807, 2.05) is 36.4 Å². The predicted octanol–water partition coefficient (Wildman–Crippen LogP) is 3.65. The second kappa shape index (κ2) is 5.27. The molecular formula is C16H14BrNO. The number of nitrogens with zero attached hydrogens (tertiary/aromatic N) is 1. The van der Waals surface area contributed by atoms with Crippen molar-refractivity contribution >= 4 is 21.7 Å². The molecular weight excluding hydrogens is 302 g/mol. The Hall–Kier alpha value is -1.45. The van der Waals surface area contributed by atoms with Gasteiger partial charge in [-0.15, -0.1) is 0 Å². The molecule has 0 N–H and O–H groups in total. The number of carbonyl (C=O) groups is 1. The number of rotatable bonds is 3. The number of ketones is 1. The van der Waals surface area contributed by atoms with E-state index in [4.69, 9.17) is 0 Å². The predicted molar refractivity (Wildman–Crippen MR) is 79.0 cm³/mol. The van der Waals surface area contributed by atoms with Gasteiger partial charge >= 0.3 is 0 Å². The Balaban J connectivity index is 1.71. The first kappa shape index (κ1) is 12.6. The van der Waals surface area contributed by atoms with E-state index in [0.29, 0.717) is 6.54 Å². The molecule has 0 unspecified atom stereocenters. The smallest absolute Gasteiger partial charge is 0.176 e. The summed E-state index contributed by atoms with van der Waals surface area (Å²) < 4.78 is 1.14. The van der Waals surface area contributed by atoms with Gasteiger partial charge in [0.2, 0.25) is 0 Å². The summed E-state index contributed by atoms with van der Waals surface area (Å²) in [5.74, 6) is 0.185. The highest BCUT2D eigenvalue weighted by atomic mass is 79.9. The highest BCUT2D eigenvalue weighted by Crippen LogP contribution is 2.29. The van der Waals surface area contributed by atoms with Crippen molar-refractivity contribution in [1.29, 1.82) is 0 Å². The average Bonchev–Trinajstić information content (AvgIpc) is 2.84. The quantitative estimate of drug-likeness (QED) is 0.806. The van der Waals surface area contributed by atoms with Crippen LogP contribution in [0.25, 0.3) is 0 Å². The molecule has 0 atom stereocenters. The third kappa shape index (κ3) is 2.62. The molecule has 0 radical (unpaired) electrons. The molecule has 0 aliphatic carbocycles. The van der Waals surface area contributed by atoms with E-state index in [0.717, 1.165) is 23.1 Å². The molecule has 1 aliphatic heterocycles. The zero-order valence-corrected chi connectivity index (χ0v) is 12.1. The van der Waals surface area contributed by atoms with Gasteiger partial charge in [-0.05, 0) is 17.2 Å². The summed E-state index contributed by atoms with van der Waals surface area (Å²) >= 11 is 3.57. The molecule has 0 spiro atoms. The van der Waals surface area contributed by atoms with Gasteiger partial charge in [-0.3, -0.25) is 9.69 Å². The normalized spacial score (nSPS) is 14.4. The summed E-state index contributed by atoms with van der Waals surface area (Å²) in [6.07, 6.45) is 0. The second-order valence-corrected chi connectivity index (χ2v) is 5.67. The largest absolute Gasteiger partial charge is 0.293 e. The van der Waals surface area contributed by atoms with Crippen molar-refractivity contribution in [1.82, 2.24) is 4.90 Å². The third-order valence-electron chi connectivity index (χ3n) is 3.45. The molecule has 0 saturated heterocycles. The number of halogens is 1. The van der Waals surface area contributed by atoms with Crippen LogP contribution in [0.5, 0.6) is 0 Å². The zero-order valence-electron chi connectivity index (χ0n) is 10.5. The van der Waals surface area contributed by atoms with Crippen molar-refractivity contribution in [2.45, 2.75) is 13.1 Å². The molecule has 0 saturated carbocycles. The number of fused-ring (bicyclic) bond motifs is 1. The fraction of sp³-hybridized carbons (Fsp3) is 0.188. The van der Waals surface area contributed by atoms with Gasteiger partial charge in [0.15, 0.2) is 5.78 Å². The van der Waals surface area contributed by atoms with Gasteiger partial charge in [0.1, 0.15) is 0 Å². The van der Waals surface area contributed by atoms with Crippen LogP contribution in [0, 0.1) is 0 Å². The number of benzene rings is 2. The molecule has 1 heterocycles. The van der Waals surface area contributed by atoms with Crippen LogP contribution >= 0.6 is 15.9 Å². The standard InChI is InChI=1S/C16H14BrNO/c17-15-8-4-7-13-9-18(10-14(13)15)11-16(19)12-5-2-1-3-6-12/h1-8H,9-11H2. The van der Waals surface area contributed by atoms with Crippen molar-refractivity contribution in [3.05, 3.63) is 69.7 Å². The first-order valence-corrected chi connectivity index (χ1v) is 7.10. The first-order valence-electron chi connectivity index (χ1n) is 6.31. The Morgan fingerprint density at radius 1 is 1.05 bits per heavy atom.